The number of aryl methyl sites for hydroxylation is 1. The number of hydrogen-bond donors (Lipinski definition) is 0. The van der Waals surface area contributed by atoms with Crippen LogP contribution in [0.1, 0.15) is 49.7 Å². The third-order valence-corrected chi connectivity index (χ3v) is 5.72. The van der Waals surface area contributed by atoms with E-state index in [0.29, 0.717) is 32.6 Å². The molecule has 1 atom stereocenters. The molecule has 1 aliphatic heterocycles. The van der Waals surface area contributed by atoms with E-state index < -0.39 is 0 Å². The predicted octanol–water partition coefficient (Wildman–Crippen LogP) is 4.26. The van der Waals surface area contributed by atoms with Crippen LogP contribution in [0.15, 0.2) is 60.7 Å². The third kappa shape index (κ3) is 5.93. The van der Waals surface area contributed by atoms with E-state index in [1.165, 1.54) is 5.56 Å². The fourth-order valence-electron chi connectivity index (χ4n) is 4.05. The van der Waals surface area contributed by atoms with Gasteiger partial charge in [-0.3, -0.25) is 9.59 Å². The Morgan fingerprint density at radius 3 is 2.07 bits per heavy atom. The minimum Gasteiger partial charge on any atom is -0.339 e. The number of rotatable bonds is 8. The molecule has 1 heterocycles. The molecule has 29 heavy (non-hydrogen) atoms. The van der Waals surface area contributed by atoms with Gasteiger partial charge in [0.15, 0.2) is 0 Å². The summed E-state index contributed by atoms with van der Waals surface area (Å²) in [5.74, 6) is 0.338. The zero-order valence-corrected chi connectivity index (χ0v) is 17.4. The van der Waals surface area contributed by atoms with Gasteiger partial charge in [-0.05, 0) is 30.4 Å². The van der Waals surface area contributed by atoms with E-state index in [9.17, 15) is 9.59 Å². The van der Waals surface area contributed by atoms with Crippen molar-refractivity contribution >= 4 is 11.8 Å². The maximum atomic E-state index is 13.1. The summed E-state index contributed by atoms with van der Waals surface area (Å²) in [5, 5.41) is 0. The monoisotopic (exact) mass is 392 g/mol. The Balaban J connectivity index is 1.47. The molecule has 0 radical (unpaired) electrons. The van der Waals surface area contributed by atoms with Crippen LogP contribution in [0, 0.1) is 0 Å². The van der Waals surface area contributed by atoms with Crippen LogP contribution < -0.4 is 0 Å². The Labute approximate surface area is 174 Å². The highest BCUT2D eigenvalue weighted by atomic mass is 16.2. The zero-order valence-electron chi connectivity index (χ0n) is 17.4. The number of carbonyl (C=O) groups is 2. The number of piperazine rings is 1. The van der Waals surface area contributed by atoms with Crippen LogP contribution in [0.5, 0.6) is 0 Å². The third-order valence-electron chi connectivity index (χ3n) is 5.72. The second-order valence-corrected chi connectivity index (χ2v) is 7.80. The van der Waals surface area contributed by atoms with E-state index in [1.807, 2.05) is 58.3 Å². The molecular weight excluding hydrogens is 360 g/mol. The van der Waals surface area contributed by atoms with Gasteiger partial charge in [0.2, 0.25) is 11.8 Å². The first-order valence-corrected chi connectivity index (χ1v) is 10.8. The van der Waals surface area contributed by atoms with Crippen molar-refractivity contribution in [1.29, 1.82) is 0 Å². The fourth-order valence-corrected chi connectivity index (χ4v) is 4.05. The van der Waals surface area contributed by atoms with E-state index in [4.69, 9.17) is 0 Å². The number of amides is 2. The molecule has 2 aromatic rings. The minimum absolute atomic E-state index is 0.0747. The largest absolute Gasteiger partial charge is 0.339 e. The molecule has 1 fully saturated rings. The van der Waals surface area contributed by atoms with Crippen molar-refractivity contribution in [2.45, 2.75) is 44.9 Å². The Morgan fingerprint density at radius 2 is 1.45 bits per heavy atom. The molecule has 4 heteroatoms. The summed E-state index contributed by atoms with van der Waals surface area (Å²) < 4.78 is 0. The Bertz CT molecular complexity index is 768. The van der Waals surface area contributed by atoms with E-state index in [-0.39, 0.29) is 17.7 Å². The van der Waals surface area contributed by atoms with Gasteiger partial charge in [0, 0.05) is 32.6 Å². The summed E-state index contributed by atoms with van der Waals surface area (Å²) in [6.07, 6.45) is 4.22. The molecule has 3 rings (SSSR count). The van der Waals surface area contributed by atoms with Crippen molar-refractivity contribution in [2.75, 3.05) is 26.2 Å². The van der Waals surface area contributed by atoms with Crippen molar-refractivity contribution in [2.24, 2.45) is 0 Å². The van der Waals surface area contributed by atoms with Gasteiger partial charge in [0.25, 0.3) is 0 Å². The van der Waals surface area contributed by atoms with Crippen LogP contribution in [0.3, 0.4) is 0 Å². The summed E-state index contributed by atoms with van der Waals surface area (Å²) in [5.41, 5.74) is 2.37. The average Bonchev–Trinajstić information content (AvgIpc) is 2.78. The summed E-state index contributed by atoms with van der Waals surface area (Å²) >= 11 is 0. The van der Waals surface area contributed by atoms with Crippen LogP contribution in [-0.4, -0.2) is 47.8 Å². The Kier molecular flexibility index (Phi) is 7.85. The Hall–Kier alpha value is -2.62. The smallest absolute Gasteiger partial charge is 0.230 e. The van der Waals surface area contributed by atoms with Gasteiger partial charge in [0.1, 0.15) is 0 Å². The molecule has 0 aromatic heterocycles. The molecule has 1 saturated heterocycles. The van der Waals surface area contributed by atoms with Crippen molar-refractivity contribution < 1.29 is 9.59 Å². The topological polar surface area (TPSA) is 40.6 Å². The molecule has 4 nitrogen and oxygen atoms in total. The SMILES string of the molecule is CCCC(C(=O)N1CCN(C(=O)CCCc2ccccc2)CC1)c1ccccc1. The summed E-state index contributed by atoms with van der Waals surface area (Å²) in [6, 6.07) is 20.4. The van der Waals surface area contributed by atoms with Gasteiger partial charge < -0.3 is 9.80 Å². The van der Waals surface area contributed by atoms with E-state index >= 15 is 0 Å². The Morgan fingerprint density at radius 1 is 0.862 bits per heavy atom. The van der Waals surface area contributed by atoms with Crippen LogP contribution >= 0.6 is 0 Å². The maximum absolute atomic E-state index is 13.1. The lowest BCUT2D eigenvalue weighted by molar-refractivity contribution is -0.140. The molecule has 0 aliphatic carbocycles. The van der Waals surface area contributed by atoms with Gasteiger partial charge >= 0.3 is 0 Å². The van der Waals surface area contributed by atoms with Crippen LogP contribution in [0.4, 0.5) is 0 Å². The first-order valence-electron chi connectivity index (χ1n) is 10.8. The van der Waals surface area contributed by atoms with Crippen LogP contribution in [0.25, 0.3) is 0 Å². The molecule has 0 N–H and O–H groups in total. The normalized spacial score (nSPS) is 15.2. The number of benzene rings is 2. The molecule has 0 spiro atoms. The molecular formula is C25H32N2O2. The van der Waals surface area contributed by atoms with Crippen molar-refractivity contribution in [3.05, 3.63) is 71.8 Å². The zero-order chi connectivity index (χ0) is 20.5. The van der Waals surface area contributed by atoms with Crippen molar-refractivity contribution in [3.8, 4) is 0 Å². The number of carbonyl (C=O) groups excluding carboxylic acids is 2. The van der Waals surface area contributed by atoms with E-state index in [2.05, 4.69) is 19.1 Å². The van der Waals surface area contributed by atoms with E-state index in [1.54, 1.807) is 0 Å². The minimum atomic E-state index is -0.0747. The molecule has 2 aromatic carbocycles. The van der Waals surface area contributed by atoms with Crippen molar-refractivity contribution in [3.63, 3.8) is 0 Å². The lowest BCUT2D eigenvalue weighted by Gasteiger charge is -2.36. The standard InChI is InChI=1S/C25H32N2O2/c1-2-10-23(22-14-7-4-8-15-22)25(29)27-19-17-26(18-20-27)24(28)16-9-13-21-11-5-3-6-12-21/h3-8,11-12,14-15,23H,2,9-10,13,16-20H2,1H3. The van der Waals surface area contributed by atoms with Gasteiger partial charge in [-0.25, -0.2) is 0 Å². The predicted molar refractivity (Wildman–Crippen MR) is 117 cm³/mol. The quantitative estimate of drug-likeness (QED) is 0.673. The summed E-state index contributed by atoms with van der Waals surface area (Å²) in [4.78, 5) is 29.5. The van der Waals surface area contributed by atoms with Gasteiger partial charge in [0.05, 0.1) is 5.92 Å². The van der Waals surface area contributed by atoms with Gasteiger partial charge in [-0.2, -0.15) is 0 Å². The molecule has 0 bridgehead atoms. The first kappa shape index (κ1) is 21.1. The lowest BCUT2D eigenvalue weighted by Crippen LogP contribution is -2.51. The van der Waals surface area contributed by atoms with Gasteiger partial charge in [-0.15, -0.1) is 0 Å². The lowest BCUT2D eigenvalue weighted by atomic mass is 9.93. The highest BCUT2D eigenvalue weighted by molar-refractivity contribution is 5.84. The molecule has 154 valence electrons. The van der Waals surface area contributed by atoms with Crippen molar-refractivity contribution in [1.82, 2.24) is 9.80 Å². The summed E-state index contributed by atoms with van der Waals surface area (Å²) in [7, 11) is 0. The second kappa shape index (κ2) is 10.8. The van der Waals surface area contributed by atoms with Gasteiger partial charge in [-0.1, -0.05) is 74.0 Å². The molecule has 1 aliphatic rings. The molecule has 2 amide bonds. The fraction of sp³-hybridized carbons (Fsp3) is 0.440. The number of nitrogens with zero attached hydrogens (tertiary/aromatic N) is 2. The number of hydrogen-bond acceptors (Lipinski definition) is 2. The van der Waals surface area contributed by atoms with Crippen LogP contribution in [0.2, 0.25) is 0 Å². The average molecular weight is 393 g/mol. The van der Waals surface area contributed by atoms with Crippen LogP contribution in [-0.2, 0) is 16.0 Å². The highest BCUT2D eigenvalue weighted by Crippen LogP contribution is 2.24. The first-order chi connectivity index (χ1) is 14.2. The molecule has 0 saturated carbocycles. The molecule has 1 unspecified atom stereocenters. The highest BCUT2D eigenvalue weighted by Gasteiger charge is 2.29. The second-order valence-electron chi connectivity index (χ2n) is 7.80. The maximum Gasteiger partial charge on any atom is 0.230 e. The van der Waals surface area contributed by atoms with E-state index in [0.717, 1.165) is 31.2 Å². The summed E-state index contributed by atoms with van der Waals surface area (Å²) in [6.45, 7) is 4.68.